The molecule has 2 heteroatoms. The van der Waals surface area contributed by atoms with Gasteiger partial charge >= 0.3 is 0 Å². The van der Waals surface area contributed by atoms with E-state index < -0.39 is 6.10 Å². The summed E-state index contributed by atoms with van der Waals surface area (Å²) in [5.41, 5.74) is 2.09. The highest BCUT2D eigenvalue weighted by Gasteiger charge is 2.07. The Hall–Kier alpha value is -1.12. The molecular formula is C14H13BrO. The van der Waals surface area contributed by atoms with Crippen LogP contribution in [0.1, 0.15) is 17.2 Å². The molecule has 2 aromatic carbocycles. The maximum Gasteiger partial charge on any atom is 0.0830 e. The summed E-state index contributed by atoms with van der Waals surface area (Å²) in [6.07, 6.45) is 0.208. The van der Waals surface area contributed by atoms with Crippen LogP contribution in [-0.2, 0) is 6.42 Å². The second-order valence-electron chi connectivity index (χ2n) is 3.76. The van der Waals surface area contributed by atoms with Crippen LogP contribution in [0.3, 0.4) is 0 Å². The van der Waals surface area contributed by atoms with Crippen LogP contribution < -0.4 is 0 Å². The predicted octanol–water partition coefficient (Wildman–Crippen LogP) is 3.73. The first kappa shape index (κ1) is 11.4. The number of hydrogen-bond acceptors (Lipinski definition) is 1. The van der Waals surface area contributed by atoms with Crippen molar-refractivity contribution in [2.24, 2.45) is 0 Å². The van der Waals surface area contributed by atoms with Crippen LogP contribution in [-0.4, -0.2) is 5.11 Å². The third kappa shape index (κ3) is 2.94. The number of aliphatic hydroxyl groups excluding tert-OH is 1. The molecule has 0 fully saturated rings. The van der Waals surface area contributed by atoms with Gasteiger partial charge in [-0.2, -0.15) is 0 Å². The van der Waals surface area contributed by atoms with E-state index in [1.54, 1.807) is 0 Å². The molecule has 1 unspecified atom stereocenters. The van der Waals surface area contributed by atoms with E-state index in [0.717, 1.165) is 15.6 Å². The van der Waals surface area contributed by atoms with Gasteiger partial charge in [0.05, 0.1) is 6.10 Å². The van der Waals surface area contributed by atoms with Crippen molar-refractivity contribution < 1.29 is 5.11 Å². The topological polar surface area (TPSA) is 20.2 Å². The fourth-order valence-electron chi connectivity index (χ4n) is 1.68. The smallest absolute Gasteiger partial charge is 0.0830 e. The quantitative estimate of drug-likeness (QED) is 0.906. The summed E-state index contributed by atoms with van der Waals surface area (Å²) in [7, 11) is 0. The molecule has 0 bridgehead atoms. The summed E-state index contributed by atoms with van der Waals surface area (Å²) in [4.78, 5) is 0. The van der Waals surface area contributed by atoms with E-state index in [1.165, 1.54) is 0 Å². The SMILES string of the molecule is OC(Cc1cccc(Br)c1)c1ccccc1. The molecule has 2 rings (SSSR count). The van der Waals surface area contributed by atoms with Gasteiger partial charge in [-0.25, -0.2) is 0 Å². The number of hydrogen-bond donors (Lipinski definition) is 1. The van der Waals surface area contributed by atoms with Crippen LogP contribution in [0.15, 0.2) is 59.1 Å². The minimum absolute atomic E-state index is 0.435. The average Bonchev–Trinajstić information content (AvgIpc) is 2.30. The first-order chi connectivity index (χ1) is 7.75. The second-order valence-corrected chi connectivity index (χ2v) is 4.68. The molecular weight excluding hydrogens is 264 g/mol. The number of aliphatic hydroxyl groups is 1. The summed E-state index contributed by atoms with van der Waals surface area (Å²) in [5, 5.41) is 10.0. The lowest BCUT2D eigenvalue weighted by atomic mass is 10.0. The molecule has 0 spiro atoms. The van der Waals surface area contributed by atoms with Crippen molar-refractivity contribution in [2.45, 2.75) is 12.5 Å². The van der Waals surface area contributed by atoms with Crippen LogP contribution >= 0.6 is 15.9 Å². The minimum Gasteiger partial charge on any atom is -0.388 e. The van der Waals surface area contributed by atoms with E-state index >= 15 is 0 Å². The molecule has 2 aromatic rings. The number of halogens is 1. The van der Waals surface area contributed by atoms with E-state index in [4.69, 9.17) is 0 Å². The van der Waals surface area contributed by atoms with Gasteiger partial charge in [0.1, 0.15) is 0 Å². The van der Waals surface area contributed by atoms with Gasteiger partial charge < -0.3 is 5.11 Å². The average molecular weight is 277 g/mol. The zero-order chi connectivity index (χ0) is 11.4. The lowest BCUT2D eigenvalue weighted by molar-refractivity contribution is 0.178. The second kappa shape index (κ2) is 5.28. The highest BCUT2D eigenvalue weighted by atomic mass is 79.9. The van der Waals surface area contributed by atoms with Crippen LogP contribution in [0.25, 0.3) is 0 Å². The molecule has 0 radical (unpaired) electrons. The fourth-order valence-corrected chi connectivity index (χ4v) is 2.13. The van der Waals surface area contributed by atoms with Gasteiger partial charge in [-0.15, -0.1) is 0 Å². The van der Waals surface area contributed by atoms with Crippen molar-refractivity contribution in [3.8, 4) is 0 Å². The van der Waals surface area contributed by atoms with Crippen molar-refractivity contribution in [3.05, 3.63) is 70.2 Å². The first-order valence-corrected chi connectivity index (χ1v) is 6.02. The molecule has 0 saturated heterocycles. The van der Waals surface area contributed by atoms with E-state index in [-0.39, 0.29) is 0 Å². The molecule has 0 saturated carbocycles. The van der Waals surface area contributed by atoms with E-state index in [9.17, 15) is 5.11 Å². The van der Waals surface area contributed by atoms with Crippen molar-refractivity contribution in [1.82, 2.24) is 0 Å². The molecule has 0 aromatic heterocycles. The van der Waals surface area contributed by atoms with Crippen molar-refractivity contribution in [1.29, 1.82) is 0 Å². The third-order valence-corrected chi connectivity index (χ3v) is 3.00. The predicted molar refractivity (Wildman–Crippen MR) is 69.2 cm³/mol. The van der Waals surface area contributed by atoms with Gasteiger partial charge in [0.15, 0.2) is 0 Å². The summed E-state index contributed by atoms with van der Waals surface area (Å²) in [5.74, 6) is 0. The highest BCUT2D eigenvalue weighted by Crippen LogP contribution is 2.20. The monoisotopic (exact) mass is 276 g/mol. The van der Waals surface area contributed by atoms with Crippen LogP contribution in [0.4, 0.5) is 0 Å². The van der Waals surface area contributed by atoms with Crippen LogP contribution in [0, 0.1) is 0 Å². The Balaban J connectivity index is 2.11. The van der Waals surface area contributed by atoms with Gasteiger partial charge in [-0.1, -0.05) is 58.4 Å². The summed E-state index contributed by atoms with van der Waals surface area (Å²) < 4.78 is 1.05. The Morgan fingerprint density at radius 1 is 1.00 bits per heavy atom. The summed E-state index contributed by atoms with van der Waals surface area (Å²) in [6, 6.07) is 17.8. The van der Waals surface area contributed by atoms with Crippen molar-refractivity contribution in [3.63, 3.8) is 0 Å². The number of benzene rings is 2. The molecule has 1 atom stereocenters. The van der Waals surface area contributed by atoms with Crippen molar-refractivity contribution >= 4 is 15.9 Å². The molecule has 1 nitrogen and oxygen atoms in total. The Morgan fingerprint density at radius 3 is 2.44 bits per heavy atom. The van der Waals surface area contributed by atoms with E-state index in [0.29, 0.717) is 6.42 Å². The Labute approximate surface area is 104 Å². The molecule has 82 valence electrons. The lowest BCUT2D eigenvalue weighted by Gasteiger charge is -2.11. The van der Waals surface area contributed by atoms with Gasteiger partial charge in [0.25, 0.3) is 0 Å². The normalized spacial score (nSPS) is 12.4. The molecule has 0 aliphatic carbocycles. The van der Waals surface area contributed by atoms with E-state index in [2.05, 4.69) is 15.9 Å². The molecule has 0 heterocycles. The van der Waals surface area contributed by atoms with Gasteiger partial charge in [0.2, 0.25) is 0 Å². The Kier molecular flexibility index (Phi) is 3.75. The van der Waals surface area contributed by atoms with Gasteiger partial charge in [0, 0.05) is 10.9 Å². The molecule has 1 N–H and O–H groups in total. The maximum absolute atomic E-state index is 10.0. The van der Waals surface area contributed by atoms with E-state index in [1.807, 2.05) is 54.6 Å². The summed E-state index contributed by atoms with van der Waals surface area (Å²) >= 11 is 3.43. The Morgan fingerprint density at radius 2 is 1.75 bits per heavy atom. The molecule has 0 amide bonds. The van der Waals surface area contributed by atoms with Crippen LogP contribution in [0.2, 0.25) is 0 Å². The zero-order valence-corrected chi connectivity index (χ0v) is 10.4. The standard InChI is InChI=1S/C14H13BrO/c15-13-8-4-5-11(9-13)10-14(16)12-6-2-1-3-7-12/h1-9,14,16H,10H2. The maximum atomic E-state index is 10.0. The van der Waals surface area contributed by atoms with Crippen LogP contribution in [0.5, 0.6) is 0 Å². The molecule has 16 heavy (non-hydrogen) atoms. The van der Waals surface area contributed by atoms with Gasteiger partial charge in [-0.05, 0) is 23.3 Å². The molecule has 0 aliphatic rings. The zero-order valence-electron chi connectivity index (χ0n) is 8.81. The lowest BCUT2D eigenvalue weighted by Crippen LogP contribution is -2.01. The van der Waals surface area contributed by atoms with Gasteiger partial charge in [-0.3, -0.25) is 0 Å². The minimum atomic E-state index is -0.435. The van der Waals surface area contributed by atoms with Crippen molar-refractivity contribution in [2.75, 3.05) is 0 Å². The highest BCUT2D eigenvalue weighted by molar-refractivity contribution is 9.10. The Bertz CT molecular complexity index is 453. The first-order valence-electron chi connectivity index (χ1n) is 5.23. The summed E-state index contributed by atoms with van der Waals surface area (Å²) in [6.45, 7) is 0. The fraction of sp³-hybridized carbons (Fsp3) is 0.143. The third-order valence-electron chi connectivity index (χ3n) is 2.50. The largest absolute Gasteiger partial charge is 0.388 e. The number of rotatable bonds is 3. The molecule has 0 aliphatic heterocycles.